The predicted molar refractivity (Wildman–Crippen MR) is 76.1 cm³/mol. The van der Waals surface area contributed by atoms with Gasteiger partial charge in [0.15, 0.2) is 0 Å². The van der Waals surface area contributed by atoms with Crippen LogP contribution in [0.5, 0.6) is 5.75 Å². The molecule has 112 valence electrons. The summed E-state index contributed by atoms with van der Waals surface area (Å²) in [5, 5.41) is 9.00. The Hall–Kier alpha value is -2.04. The fraction of sp³-hybridized carbons (Fsp3) is 0.500. The molecular formula is C16H19NO4. The lowest BCUT2D eigenvalue weighted by molar-refractivity contribution is -0.147. The second-order valence-electron chi connectivity index (χ2n) is 5.76. The standard InChI is InChI=1S/C16H19NO4/c18-15(17-7-5-11(6-8-17)16(19)20)13-9-12-3-1-2-4-14(12)21-10-13/h1-4,11,13H,5-10H2,(H,19,20). The van der Waals surface area contributed by atoms with E-state index in [1.165, 1.54) is 0 Å². The molecule has 1 fully saturated rings. The molecule has 0 spiro atoms. The van der Waals surface area contributed by atoms with Crippen LogP contribution in [0.25, 0.3) is 0 Å². The first-order chi connectivity index (χ1) is 10.1. The molecule has 0 bridgehead atoms. The summed E-state index contributed by atoms with van der Waals surface area (Å²) in [5.41, 5.74) is 1.07. The van der Waals surface area contributed by atoms with Crippen LogP contribution in [0, 0.1) is 11.8 Å². The van der Waals surface area contributed by atoms with Crippen LogP contribution in [0.4, 0.5) is 0 Å². The highest BCUT2D eigenvalue weighted by molar-refractivity contribution is 5.80. The van der Waals surface area contributed by atoms with Gasteiger partial charge in [-0.1, -0.05) is 18.2 Å². The number of hydrogen-bond donors (Lipinski definition) is 1. The second-order valence-corrected chi connectivity index (χ2v) is 5.76. The summed E-state index contributed by atoms with van der Waals surface area (Å²) in [6.45, 7) is 1.48. The molecule has 1 unspecified atom stereocenters. The third kappa shape index (κ3) is 2.86. The van der Waals surface area contributed by atoms with E-state index >= 15 is 0 Å². The maximum atomic E-state index is 12.5. The van der Waals surface area contributed by atoms with Gasteiger partial charge in [0.25, 0.3) is 0 Å². The van der Waals surface area contributed by atoms with Crippen LogP contribution in [-0.4, -0.2) is 41.6 Å². The smallest absolute Gasteiger partial charge is 0.306 e. The molecule has 2 heterocycles. The third-order valence-electron chi connectivity index (χ3n) is 4.38. The first-order valence-corrected chi connectivity index (χ1v) is 7.37. The average Bonchev–Trinajstić information content (AvgIpc) is 2.54. The summed E-state index contributed by atoms with van der Waals surface area (Å²) in [5.74, 6) is -0.254. The number of carboxylic acid groups (broad SMARTS) is 1. The number of nitrogens with zero attached hydrogens (tertiary/aromatic N) is 1. The monoisotopic (exact) mass is 289 g/mol. The Bertz CT molecular complexity index is 549. The van der Waals surface area contributed by atoms with Gasteiger partial charge in [0.2, 0.25) is 5.91 Å². The number of hydrogen-bond acceptors (Lipinski definition) is 3. The van der Waals surface area contributed by atoms with Crippen LogP contribution >= 0.6 is 0 Å². The van der Waals surface area contributed by atoms with Crippen molar-refractivity contribution < 1.29 is 19.4 Å². The Morgan fingerprint density at radius 3 is 2.57 bits per heavy atom. The van der Waals surface area contributed by atoms with Crippen molar-refractivity contribution in [3.63, 3.8) is 0 Å². The van der Waals surface area contributed by atoms with E-state index in [1.807, 2.05) is 24.3 Å². The molecule has 1 amide bonds. The first-order valence-electron chi connectivity index (χ1n) is 7.37. The quantitative estimate of drug-likeness (QED) is 0.897. The highest BCUT2D eigenvalue weighted by Crippen LogP contribution is 2.28. The van der Waals surface area contributed by atoms with Crippen molar-refractivity contribution in [3.8, 4) is 5.75 Å². The summed E-state index contributed by atoms with van der Waals surface area (Å²) >= 11 is 0. The van der Waals surface area contributed by atoms with Gasteiger partial charge in [-0.3, -0.25) is 9.59 Å². The minimum Gasteiger partial charge on any atom is -0.492 e. The molecule has 21 heavy (non-hydrogen) atoms. The van der Waals surface area contributed by atoms with Gasteiger partial charge in [0, 0.05) is 13.1 Å². The van der Waals surface area contributed by atoms with Crippen LogP contribution in [0.3, 0.4) is 0 Å². The van der Waals surface area contributed by atoms with E-state index in [-0.39, 0.29) is 17.7 Å². The number of rotatable bonds is 2. The van der Waals surface area contributed by atoms with Crippen LogP contribution in [0.2, 0.25) is 0 Å². The molecule has 1 N–H and O–H groups in total. The molecule has 0 saturated carbocycles. The maximum Gasteiger partial charge on any atom is 0.306 e. The number of carbonyl (C=O) groups excluding carboxylic acids is 1. The fourth-order valence-electron chi connectivity index (χ4n) is 3.09. The number of benzene rings is 1. The highest BCUT2D eigenvalue weighted by atomic mass is 16.5. The predicted octanol–water partition coefficient (Wildman–Crippen LogP) is 1.56. The van der Waals surface area contributed by atoms with Crippen molar-refractivity contribution in [2.75, 3.05) is 19.7 Å². The molecule has 2 aliphatic heterocycles. The zero-order chi connectivity index (χ0) is 14.8. The van der Waals surface area contributed by atoms with E-state index in [4.69, 9.17) is 9.84 Å². The van der Waals surface area contributed by atoms with Gasteiger partial charge in [-0.15, -0.1) is 0 Å². The zero-order valence-electron chi connectivity index (χ0n) is 11.8. The van der Waals surface area contributed by atoms with E-state index in [0.29, 0.717) is 39.0 Å². The molecule has 3 rings (SSSR count). The van der Waals surface area contributed by atoms with Gasteiger partial charge < -0.3 is 14.7 Å². The van der Waals surface area contributed by atoms with Gasteiger partial charge in [-0.2, -0.15) is 0 Å². The highest BCUT2D eigenvalue weighted by Gasteiger charge is 2.33. The third-order valence-corrected chi connectivity index (χ3v) is 4.38. The lowest BCUT2D eigenvalue weighted by atomic mass is 9.92. The molecule has 0 aliphatic carbocycles. The first kappa shape index (κ1) is 13.9. The fourth-order valence-corrected chi connectivity index (χ4v) is 3.09. The Kier molecular flexibility index (Phi) is 3.82. The molecule has 5 heteroatoms. The summed E-state index contributed by atoms with van der Waals surface area (Å²) in [6.07, 6.45) is 1.80. The minimum absolute atomic E-state index is 0.0911. The largest absolute Gasteiger partial charge is 0.492 e. The lowest BCUT2D eigenvalue weighted by Gasteiger charge is -2.34. The molecule has 5 nitrogen and oxygen atoms in total. The average molecular weight is 289 g/mol. The summed E-state index contributed by atoms with van der Waals surface area (Å²) in [6, 6.07) is 7.80. The molecular weight excluding hydrogens is 270 g/mol. The Labute approximate surface area is 123 Å². The molecule has 1 saturated heterocycles. The number of carboxylic acids is 1. The van der Waals surface area contributed by atoms with Crippen molar-refractivity contribution in [1.29, 1.82) is 0 Å². The number of aliphatic carboxylic acids is 1. The number of ether oxygens (including phenoxy) is 1. The number of amides is 1. The number of carbonyl (C=O) groups is 2. The number of para-hydroxylation sites is 1. The number of likely N-dealkylation sites (tertiary alicyclic amines) is 1. The Morgan fingerprint density at radius 2 is 1.86 bits per heavy atom. The second kappa shape index (κ2) is 5.76. The van der Waals surface area contributed by atoms with E-state index in [9.17, 15) is 9.59 Å². The SMILES string of the molecule is O=C(O)C1CCN(C(=O)C2COc3ccccc3C2)CC1. The van der Waals surface area contributed by atoms with Crippen LogP contribution in [0.15, 0.2) is 24.3 Å². The summed E-state index contributed by atoms with van der Waals surface area (Å²) in [7, 11) is 0. The summed E-state index contributed by atoms with van der Waals surface area (Å²) in [4.78, 5) is 25.3. The molecule has 0 aromatic heterocycles. The van der Waals surface area contributed by atoms with Crippen molar-refractivity contribution in [1.82, 2.24) is 4.90 Å². The van der Waals surface area contributed by atoms with Gasteiger partial charge >= 0.3 is 5.97 Å². The molecule has 1 atom stereocenters. The van der Waals surface area contributed by atoms with Gasteiger partial charge in [-0.05, 0) is 30.9 Å². The van der Waals surface area contributed by atoms with Crippen molar-refractivity contribution in [2.45, 2.75) is 19.3 Å². The van der Waals surface area contributed by atoms with Gasteiger partial charge in [0.05, 0.1) is 11.8 Å². The van der Waals surface area contributed by atoms with E-state index in [0.717, 1.165) is 11.3 Å². The lowest BCUT2D eigenvalue weighted by Crippen LogP contribution is -2.45. The van der Waals surface area contributed by atoms with E-state index < -0.39 is 5.97 Å². The molecule has 2 aliphatic rings. The zero-order valence-corrected chi connectivity index (χ0v) is 11.8. The van der Waals surface area contributed by atoms with Crippen LogP contribution < -0.4 is 4.74 Å². The molecule has 0 radical (unpaired) electrons. The van der Waals surface area contributed by atoms with Crippen molar-refractivity contribution in [2.24, 2.45) is 11.8 Å². The van der Waals surface area contributed by atoms with Crippen molar-refractivity contribution in [3.05, 3.63) is 29.8 Å². The molecule has 1 aromatic carbocycles. The number of piperidine rings is 1. The summed E-state index contributed by atoms with van der Waals surface area (Å²) < 4.78 is 5.67. The Balaban J connectivity index is 1.61. The normalized spacial score (nSPS) is 22.3. The van der Waals surface area contributed by atoms with E-state index in [1.54, 1.807) is 4.90 Å². The van der Waals surface area contributed by atoms with E-state index in [2.05, 4.69) is 0 Å². The van der Waals surface area contributed by atoms with Crippen molar-refractivity contribution >= 4 is 11.9 Å². The Morgan fingerprint density at radius 1 is 1.14 bits per heavy atom. The number of fused-ring (bicyclic) bond motifs is 1. The topological polar surface area (TPSA) is 66.8 Å². The maximum absolute atomic E-state index is 12.5. The van der Waals surface area contributed by atoms with Crippen LogP contribution in [-0.2, 0) is 16.0 Å². The van der Waals surface area contributed by atoms with Gasteiger partial charge in [-0.25, -0.2) is 0 Å². The van der Waals surface area contributed by atoms with Gasteiger partial charge in [0.1, 0.15) is 12.4 Å². The van der Waals surface area contributed by atoms with Crippen LogP contribution in [0.1, 0.15) is 18.4 Å². The molecule has 1 aromatic rings. The minimum atomic E-state index is -0.753.